The average Bonchev–Trinajstić information content (AvgIpc) is 2.70. The summed E-state index contributed by atoms with van der Waals surface area (Å²) in [5.74, 6) is -0.756. The number of carbonyl (C=O) groups excluding carboxylic acids is 2. The van der Waals surface area contributed by atoms with E-state index in [4.69, 9.17) is 0 Å². The molecule has 3 rings (SSSR count). The van der Waals surface area contributed by atoms with Crippen molar-refractivity contribution >= 4 is 23.6 Å². The van der Waals surface area contributed by atoms with Crippen LogP contribution in [-0.2, 0) is 4.79 Å². The second-order valence-electron chi connectivity index (χ2n) is 6.43. The SMILES string of the molecule is Cc1ccc(C(=O)NC(=Cc2cccnc2)C(=O)Nc2ccccc2C)cc1. The van der Waals surface area contributed by atoms with Gasteiger partial charge in [-0.05, 0) is 55.3 Å². The first-order valence-corrected chi connectivity index (χ1v) is 8.89. The number of nitrogens with one attached hydrogen (secondary N) is 2. The fourth-order valence-corrected chi connectivity index (χ4v) is 2.59. The van der Waals surface area contributed by atoms with Gasteiger partial charge in [-0.3, -0.25) is 14.6 Å². The summed E-state index contributed by atoms with van der Waals surface area (Å²) in [5, 5.41) is 5.58. The van der Waals surface area contributed by atoms with Crippen LogP contribution in [0.4, 0.5) is 5.69 Å². The molecule has 0 radical (unpaired) electrons. The average molecular weight is 371 g/mol. The maximum absolute atomic E-state index is 12.9. The van der Waals surface area contributed by atoms with Gasteiger partial charge in [0.15, 0.2) is 0 Å². The predicted molar refractivity (Wildman–Crippen MR) is 111 cm³/mol. The molecule has 1 heterocycles. The Kier molecular flexibility index (Phi) is 5.97. The molecule has 0 aliphatic heterocycles. The second kappa shape index (κ2) is 8.77. The van der Waals surface area contributed by atoms with Gasteiger partial charge in [-0.15, -0.1) is 0 Å². The van der Waals surface area contributed by atoms with Crippen molar-refractivity contribution in [2.45, 2.75) is 13.8 Å². The lowest BCUT2D eigenvalue weighted by atomic mass is 10.1. The normalized spacial score (nSPS) is 11.0. The van der Waals surface area contributed by atoms with E-state index in [0.29, 0.717) is 16.8 Å². The lowest BCUT2D eigenvalue weighted by molar-refractivity contribution is -0.113. The number of pyridine rings is 1. The third kappa shape index (κ3) is 4.92. The molecule has 2 amide bonds. The molecule has 5 nitrogen and oxygen atoms in total. The van der Waals surface area contributed by atoms with E-state index in [0.717, 1.165) is 11.1 Å². The molecule has 0 saturated heterocycles. The predicted octanol–water partition coefficient (Wildman–Crippen LogP) is 4.11. The molecule has 3 aromatic rings. The first-order valence-electron chi connectivity index (χ1n) is 8.89. The van der Waals surface area contributed by atoms with Gasteiger partial charge in [-0.2, -0.15) is 0 Å². The van der Waals surface area contributed by atoms with Gasteiger partial charge in [0.25, 0.3) is 11.8 Å². The van der Waals surface area contributed by atoms with Crippen LogP contribution in [0.25, 0.3) is 6.08 Å². The Morgan fingerprint density at radius 3 is 2.36 bits per heavy atom. The molecule has 0 saturated carbocycles. The van der Waals surface area contributed by atoms with Crippen molar-refractivity contribution in [1.29, 1.82) is 0 Å². The van der Waals surface area contributed by atoms with Crippen LogP contribution >= 0.6 is 0 Å². The molecular formula is C23H21N3O2. The summed E-state index contributed by atoms with van der Waals surface area (Å²) in [7, 11) is 0. The summed E-state index contributed by atoms with van der Waals surface area (Å²) in [5.41, 5.74) is 4.01. The maximum Gasteiger partial charge on any atom is 0.272 e. The number of hydrogen-bond donors (Lipinski definition) is 2. The lowest BCUT2D eigenvalue weighted by Crippen LogP contribution is -2.30. The zero-order chi connectivity index (χ0) is 19.9. The number of rotatable bonds is 5. The Hall–Kier alpha value is -3.73. The van der Waals surface area contributed by atoms with Gasteiger partial charge in [-0.25, -0.2) is 0 Å². The molecule has 140 valence electrons. The van der Waals surface area contributed by atoms with E-state index in [9.17, 15) is 9.59 Å². The Labute approximate surface area is 164 Å². The highest BCUT2D eigenvalue weighted by Crippen LogP contribution is 2.15. The first-order chi connectivity index (χ1) is 13.5. The van der Waals surface area contributed by atoms with Crippen LogP contribution in [0, 0.1) is 13.8 Å². The number of aromatic nitrogens is 1. The number of para-hydroxylation sites is 1. The van der Waals surface area contributed by atoms with Gasteiger partial charge in [0, 0.05) is 23.6 Å². The molecule has 1 aromatic heterocycles. The van der Waals surface area contributed by atoms with Crippen LogP contribution in [0.3, 0.4) is 0 Å². The maximum atomic E-state index is 12.9. The van der Waals surface area contributed by atoms with E-state index in [-0.39, 0.29) is 11.6 Å². The van der Waals surface area contributed by atoms with Crippen LogP contribution in [0.15, 0.2) is 78.8 Å². The number of hydrogen-bond acceptors (Lipinski definition) is 3. The molecule has 0 aliphatic carbocycles. The summed E-state index contributed by atoms with van der Waals surface area (Å²) in [4.78, 5) is 29.6. The van der Waals surface area contributed by atoms with Crippen molar-refractivity contribution in [3.8, 4) is 0 Å². The van der Waals surface area contributed by atoms with Crippen molar-refractivity contribution in [2.24, 2.45) is 0 Å². The van der Waals surface area contributed by atoms with Crippen LogP contribution in [0.5, 0.6) is 0 Å². The third-order valence-electron chi connectivity index (χ3n) is 4.20. The topological polar surface area (TPSA) is 71.1 Å². The van der Waals surface area contributed by atoms with Crippen LogP contribution < -0.4 is 10.6 Å². The zero-order valence-electron chi connectivity index (χ0n) is 15.8. The van der Waals surface area contributed by atoms with Crippen LogP contribution in [0.1, 0.15) is 27.0 Å². The van der Waals surface area contributed by atoms with E-state index in [1.807, 2.05) is 56.3 Å². The van der Waals surface area contributed by atoms with E-state index in [2.05, 4.69) is 15.6 Å². The standard InChI is InChI=1S/C23H21N3O2/c1-16-9-11-19(12-10-16)22(27)26-21(14-18-7-5-13-24-15-18)23(28)25-20-8-4-3-6-17(20)2/h3-15H,1-2H3,(H,25,28)(H,26,27). The Balaban J connectivity index is 1.87. The summed E-state index contributed by atoms with van der Waals surface area (Å²) >= 11 is 0. The van der Waals surface area contributed by atoms with Crippen LogP contribution in [-0.4, -0.2) is 16.8 Å². The third-order valence-corrected chi connectivity index (χ3v) is 4.20. The number of benzene rings is 2. The van der Waals surface area contributed by atoms with E-state index in [1.165, 1.54) is 0 Å². The largest absolute Gasteiger partial charge is 0.320 e. The smallest absolute Gasteiger partial charge is 0.272 e. The van der Waals surface area contributed by atoms with Crippen molar-refractivity contribution in [3.63, 3.8) is 0 Å². The highest BCUT2D eigenvalue weighted by atomic mass is 16.2. The quantitative estimate of drug-likeness (QED) is 0.663. The minimum Gasteiger partial charge on any atom is -0.320 e. The first kappa shape index (κ1) is 19.0. The zero-order valence-corrected chi connectivity index (χ0v) is 15.8. The Morgan fingerprint density at radius 1 is 0.929 bits per heavy atom. The number of nitrogens with zero attached hydrogens (tertiary/aromatic N) is 1. The molecule has 0 fully saturated rings. The number of amides is 2. The Bertz CT molecular complexity index is 1010. The Morgan fingerprint density at radius 2 is 1.68 bits per heavy atom. The number of carbonyl (C=O) groups is 2. The fraction of sp³-hybridized carbons (Fsp3) is 0.0870. The van der Waals surface area contributed by atoms with Gasteiger partial charge < -0.3 is 10.6 Å². The molecule has 5 heteroatoms. The van der Waals surface area contributed by atoms with E-state index in [1.54, 1.807) is 36.7 Å². The summed E-state index contributed by atoms with van der Waals surface area (Å²) in [6.45, 7) is 3.86. The summed E-state index contributed by atoms with van der Waals surface area (Å²) < 4.78 is 0. The van der Waals surface area contributed by atoms with Crippen molar-refractivity contribution in [1.82, 2.24) is 10.3 Å². The molecule has 0 unspecified atom stereocenters. The molecule has 0 spiro atoms. The molecular weight excluding hydrogens is 350 g/mol. The van der Waals surface area contributed by atoms with Crippen LogP contribution in [0.2, 0.25) is 0 Å². The molecule has 0 atom stereocenters. The fourth-order valence-electron chi connectivity index (χ4n) is 2.59. The molecule has 0 aliphatic rings. The second-order valence-corrected chi connectivity index (χ2v) is 6.43. The van der Waals surface area contributed by atoms with E-state index >= 15 is 0 Å². The molecule has 0 bridgehead atoms. The summed E-state index contributed by atoms with van der Waals surface area (Å²) in [6, 6.07) is 18.2. The molecule has 2 aromatic carbocycles. The minimum atomic E-state index is -0.404. The number of aryl methyl sites for hydroxylation is 2. The highest BCUT2D eigenvalue weighted by molar-refractivity contribution is 6.10. The van der Waals surface area contributed by atoms with E-state index < -0.39 is 5.91 Å². The minimum absolute atomic E-state index is 0.141. The van der Waals surface area contributed by atoms with Gasteiger partial charge in [0.2, 0.25) is 0 Å². The molecule has 2 N–H and O–H groups in total. The number of anilines is 1. The van der Waals surface area contributed by atoms with Crippen molar-refractivity contribution in [3.05, 3.63) is 101 Å². The monoisotopic (exact) mass is 371 g/mol. The lowest BCUT2D eigenvalue weighted by Gasteiger charge is -2.13. The van der Waals surface area contributed by atoms with Crippen molar-refractivity contribution < 1.29 is 9.59 Å². The van der Waals surface area contributed by atoms with Gasteiger partial charge in [-0.1, -0.05) is 42.0 Å². The molecule has 28 heavy (non-hydrogen) atoms. The van der Waals surface area contributed by atoms with Crippen molar-refractivity contribution in [2.75, 3.05) is 5.32 Å². The highest BCUT2D eigenvalue weighted by Gasteiger charge is 2.15. The summed E-state index contributed by atoms with van der Waals surface area (Å²) in [6.07, 6.45) is 4.88. The van der Waals surface area contributed by atoms with Gasteiger partial charge in [0.1, 0.15) is 5.70 Å². The van der Waals surface area contributed by atoms with Gasteiger partial charge in [0.05, 0.1) is 0 Å². The van der Waals surface area contributed by atoms with Gasteiger partial charge >= 0.3 is 0 Å².